The van der Waals surface area contributed by atoms with E-state index in [1.165, 1.54) is 23.7 Å². The minimum Gasteiger partial charge on any atom is -0.461 e. The normalized spacial score (nSPS) is 10.5. The third-order valence-corrected chi connectivity index (χ3v) is 5.95. The summed E-state index contributed by atoms with van der Waals surface area (Å²) in [5.74, 6) is -1.17. The molecule has 1 amide bonds. The molecule has 0 atom stereocenters. The standard InChI is InChI=1S/C27H24N4O7S/c1-4-35-25(32)19-12-11-18(24-31-21(15-39-24)26(33)36-5-2)22(29-19)20-14-37-23(30-20)16(3)28-27(34)38-13-17-9-7-6-8-10-17/h6-12,14-15H,3-5,13H2,1-2H3,(H,28,34). The number of aromatic nitrogens is 3. The van der Waals surface area contributed by atoms with Gasteiger partial charge in [0.2, 0.25) is 5.89 Å². The Morgan fingerprint density at radius 1 is 0.923 bits per heavy atom. The maximum Gasteiger partial charge on any atom is 0.412 e. The van der Waals surface area contributed by atoms with Gasteiger partial charge in [-0.15, -0.1) is 11.3 Å². The summed E-state index contributed by atoms with van der Waals surface area (Å²) in [6.07, 6.45) is 0.569. The smallest absolute Gasteiger partial charge is 0.412 e. The molecular formula is C27H24N4O7S. The van der Waals surface area contributed by atoms with E-state index in [-0.39, 0.29) is 54.2 Å². The number of rotatable bonds is 10. The van der Waals surface area contributed by atoms with Gasteiger partial charge in [-0.2, -0.15) is 0 Å². The van der Waals surface area contributed by atoms with Crippen molar-refractivity contribution in [3.8, 4) is 22.0 Å². The zero-order valence-electron chi connectivity index (χ0n) is 21.1. The molecule has 1 aromatic carbocycles. The van der Waals surface area contributed by atoms with Crippen LogP contribution in [0.15, 0.2) is 65.1 Å². The molecule has 0 aliphatic rings. The van der Waals surface area contributed by atoms with Crippen molar-refractivity contribution in [3.63, 3.8) is 0 Å². The second-order valence-electron chi connectivity index (χ2n) is 7.77. The number of carbonyl (C=O) groups is 3. The molecule has 11 nitrogen and oxygen atoms in total. The van der Waals surface area contributed by atoms with Crippen LogP contribution in [0.5, 0.6) is 0 Å². The first-order valence-electron chi connectivity index (χ1n) is 11.8. The molecule has 3 aromatic heterocycles. The maximum atomic E-state index is 12.4. The number of thiazole rings is 1. The zero-order valence-corrected chi connectivity index (χ0v) is 21.9. The summed E-state index contributed by atoms with van der Waals surface area (Å²) >= 11 is 1.20. The number of ether oxygens (including phenoxy) is 3. The Hall–Kier alpha value is -4.84. The fourth-order valence-electron chi connectivity index (χ4n) is 3.30. The first kappa shape index (κ1) is 27.2. The average molecular weight is 549 g/mol. The topological polar surface area (TPSA) is 143 Å². The van der Waals surface area contributed by atoms with E-state index in [9.17, 15) is 14.4 Å². The summed E-state index contributed by atoms with van der Waals surface area (Å²) in [6, 6.07) is 12.3. The number of benzene rings is 1. The second-order valence-corrected chi connectivity index (χ2v) is 8.63. The zero-order chi connectivity index (χ0) is 27.8. The highest BCUT2D eigenvalue weighted by atomic mass is 32.1. The molecule has 0 radical (unpaired) electrons. The molecule has 0 aliphatic carbocycles. The lowest BCUT2D eigenvalue weighted by Crippen LogP contribution is -2.22. The van der Waals surface area contributed by atoms with Crippen molar-refractivity contribution >= 4 is 35.1 Å². The fourth-order valence-corrected chi connectivity index (χ4v) is 4.11. The minimum atomic E-state index is -0.735. The third-order valence-electron chi connectivity index (χ3n) is 5.07. The summed E-state index contributed by atoms with van der Waals surface area (Å²) in [4.78, 5) is 49.9. The van der Waals surface area contributed by atoms with E-state index in [1.807, 2.05) is 30.3 Å². The number of amides is 1. The van der Waals surface area contributed by atoms with Crippen molar-refractivity contribution in [1.29, 1.82) is 0 Å². The number of pyridine rings is 1. The summed E-state index contributed by atoms with van der Waals surface area (Å²) in [7, 11) is 0. The molecule has 0 unspecified atom stereocenters. The maximum absolute atomic E-state index is 12.4. The molecule has 39 heavy (non-hydrogen) atoms. The van der Waals surface area contributed by atoms with Crippen molar-refractivity contribution in [2.75, 3.05) is 13.2 Å². The molecule has 0 saturated heterocycles. The van der Waals surface area contributed by atoms with Crippen LogP contribution in [0.25, 0.3) is 27.7 Å². The molecule has 4 aromatic rings. The van der Waals surface area contributed by atoms with Crippen molar-refractivity contribution in [2.24, 2.45) is 0 Å². The number of carbonyl (C=O) groups excluding carboxylic acids is 3. The van der Waals surface area contributed by atoms with Gasteiger partial charge in [0, 0.05) is 10.9 Å². The van der Waals surface area contributed by atoms with E-state index in [4.69, 9.17) is 18.6 Å². The molecule has 3 heterocycles. The average Bonchev–Trinajstić information content (AvgIpc) is 3.63. The number of hydrogen-bond acceptors (Lipinski definition) is 11. The lowest BCUT2D eigenvalue weighted by molar-refractivity contribution is 0.0511. The van der Waals surface area contributed by atoms with Crippen molar-refractivity contribution < 1.29 is 33.0 Å². The molecule has 0 spiro atoms. The van der Waals surface area contributed by atoms with E-state index in [0.717, 1.165) is 5.56 Å². The Bertz CT molecular complexity index is 1500. The van der Waals surface area contributed by atoms with Crippen LogP contribution < -0.4 is 5.32 Å². The minimum absolute atomic E-state index is 0.00213. The number of oxazole rings is 1. The van der Waals surface area contributed by atoms with Crippen LogP contribution in [-0.2, 0) is 20.8 Å². The Morgan fingerprint density at radius 3 is 2.36 bits per heavy atom. The highest BCUT2D eigenvalue weighted by molar-refractivity contribution is 7.13. The van der Waals surface area contributed by atoms with Gasteiger partial charge in [0.1, 0.15) is 35.0 Å². The predicted molar refractivity (Wildman–Crippen MR) is 142 cm³/mol. The number of nitrogens with one attached hydrogen (secondary N) is 1. The summed E-state index contributed by atoms with van der Waals surface area (Å²) in [5, 5.41) is 4.50. The van der Waals surface area contributed by atoms with Crippen LogP contribution >= 0.6 is 11.3 Å². The van der Waals surface area contributed by atoms with Gasteiger partial charge < -0.3 is 18.6 Å². The monoisotopic (exact) mass is 548 g/mol. The first-order chi connectivity index (χ1) is 18.9. The van der Waals surface area contributed by atoms with Crippen molar-refractivity contribution in [1.82, 2.24) is 20.3 Å². The van der Waals surface area contributed by atoms with Gasteiger partial charge in [-0.3, -0.25) is 5.32 Å². The first-order valence-corrected chi connectivity index (χ1v) is 12.7. The SMILES string of the molecule is C=C(NC(=O)OCc1ccccc1)c1nc(-c2nc(C(=O)OCC)ccc2-c2nc(C(=O)OCC)cs2)co1. The highest BCUT2D eigenvalue weighted by Crippen LogP contribution is 2.33. The van der Waals surface area contributed by atoms with E-state index in [0.29, 0.717) is 10.6 Å². The molecule has 1 N–H and O–H groups in total. The van der Waals surface area contributed by atoms with E-state index >= 15 is 0 Å². The van der Waals surface area contributed by atoms with Gasteiger partial charge in [0.15, 0.2) is 5.69 Å². The van der Waals surface area contributed by atoms with Crippen LogP contribution in [0.3, 0.4) is 0 Å². The largest absolute Gasteiger partial charge is 0.461 e. The number of esters is 2. The van der Waals surface area contributed by atoms with Crippen LogP contribution in [0, 0.1) is 0 Å². The quantitative estimate of drug-likeness (QED) is 0.210. The fraction of sp³-hybridized carbons (Fsp3) is 0.185. The number of hydrogen-bond donors (Lipinski definition) is 1. The Morgan fingerprint density at radius 2 is 1.64 bits per heavy atom. The van der Waals surface area contributed by atoms with Crippen LogP contribution in [0.1, 0.15) is 46.3 Å². The highest BCUT2D eigenvalue weighted by Gasteiger charge is 2.22. The summed E-state index contributed by atoms with van der Waals surface area (Å²) < 4.78 is 20.8. The summed E-state index contributed by atoms with van der Waals surface area (Å²) in [5.41, 5.74) is 2.04. The van der Waals surface area contributed by atoms with Gasteiger partial charge >= 0.3 is 18.0 Å². The van der Waals surface area contributed by atoms with Crippen LogP contribution in [-0.4, -0.2) is 46.2 Å². The molecule has 0 aliphatic heterocycles. The third kappa shape index (κ3) is 6.73. The van der Waals surface area contributed by atoms with Gasteiger partial charge in [-0.25, -0.2) is 29.3 Å². The lowest BCUT2D eigenvalue weighted by Gasteiger charge is -2.08. The predicted octanol–water partition coefficient (Wildman–Crippen LogP) is 5.11. The Labute approximate surface area is 227 Å². The van der Waals surface area contributed by atoms with Crippen molar-refractivity contribution in [2.45, 2.75) is 20.5 Å². The second kappa shape index (κ2) is 12.6. The summed E-state index contributed by atoms with van der Waals surface area (Å²) in [6.45, 7) is 7.65. The lowest BCUT2D eigenvalue weighted by atomic mass is 10.1. The number of alkyl carbamates (subject to hydrolysis) is 1. The van der Waals surface area contributed by atoms with Gasteiger partial charge in [0.25, 0.3) is 0 Å². The molecule has 0 saturated carbocycles. The molecule has 12 heteroatoms. The van der Waals surface area contributed by atoms with Crippen LogP contribution in [0.4, 0.5) is 4.79 Å². The van der Waals surface area contributed by atoms with E-state index in [1.54, 1.807) is 25.3 Å². The van der Waals surface area contributed by atoms with Gasteiger partial charge in [0.05, 0.1) is 18.9 Å². The van der Waals surface area contributed by atoms with Crippen LogP contribution in [0.2, 0.25) is 0 Å². The molecule has 0 fully saturated rings. The van der Waals surface area contributed by atoms with Gasteiger partial charge in [-0.1, -0.05) is 36.9 Å². The van der Waals surface area contributed by atoms with Crippen molar-refractivity contribution in [3.05, 3.63) is 83.5 Å². The Kier molecular flexibility index (Phi) is 8.79. The molecular weight excluding hydrogens is 524 g/mol. The van der Waals surface area contributed by atoms with E-state index < -0.39 is 18.0 Å². The molecule has 0 bridgehead atoms. The molecule has 200 valence electrons. The molecule has 4 rings (SSSR count). The van der Waals surface area contributed by atoms with Gasteiger partial charge in [-0.05, 0) is 31.5 Å². The Balaban J connectivity index is 1.58. The number of nitrogens with zero attached hydrogens (tertiary/aromatic N) is 3. The van der Waals surface area contributed by atoms with E-state index in [2.05, 4.69) is 26.8 Å².